The molecule has 2 atom stereocenters. The van der Waals surface area contributed by atoms with Crippen molar-refractivity contribution in [2.75, 3.05) is 6.54 Å². The summed E-state index contributed by atoms with van der Waals surface area (Å²) in [6.07, 6.45) is 0. The van der Waals surface area contributed by atoms with E-state index in [1.54, 1.807) is 0 Å². The van der Waals surface area contributed by atoms with Crippen molar-refractivity contribution in [3.8, 4) is 0 Å². The molecule has 17 heavy (non-hydrogen) atoms. The first kappa shape index (κ1) is 13.0. The highest BCUT2D eigenvalue weighted by Crippen LogP contribution is 2.45. The molecule has 94 valence electrons. The Labute approximate surface area is 109 Å². The van der Waals surface area contributed by atoms with Gasteiger partial charge < -0.3 is 5.32 Å². The maximum Gasteiger partial charge on any atom is 0.0452 e. The Morgan fingerprint density at radius 1 is 1.29 bits per heavy atom. The van der Waals surface area contributed by atoms with Gasteiger partial charge in [-0.2, -0.15) is 0 Å². The van der Waals surface area contributed by atoms with Gasteiger partial charge in [-0.3, -0.25) is 0 Å². The van der Waals surface area contributed by atoms with E-state index in [-0.39, 0.29) is 5.41 Å². The van der Waals surface area contributed by atoms with E-state index in [4.69, 9.17) is 0 Å². The third kappa shape index (κ3) is 2.53. The van der Waals surface area contributed by atoms with E-state index in [2.05, 4.69) is 58.1 Å². The van der Waals surface area contributed by atoms with Crippen molar-refractivity contribution >= 4 is 11.8 Å². The van der Waals surface area contributed by atoms with Crippen LogP contribution < -0.4 is 5.32 Å². The number of nitrogens with one attached hydrogen (secondary N) is 1. The van der Waals surface area contributed by atoms with Gasteiger partial charge in [-0.05, 0) is 29.2 Å². The summed E-state index contributed by atoms with van der Waals surface area (Å²) in [5.74, 6) is 0. The first-order chi connectivity index (χ1) is 7.93. The van der Waals surface area contributed by atoms with E-state index in [1.165, 1.54) is 16.0 Å². The zero-order valence-corrected chi connectivity index (χ0v) is 12.3. The fourth-order valence-corrected chi connectivity index (χ4v) is 3.63. The molecule has 0 aromatic heterocycles. The topological polar surface area (TPSA) is 12.0 Å². The second-order valence-electron chi connectivity index (χ2n) is 5.86. The molecular weight excluding hydrogens is 226 g/mol. The fraction of sp³-hybridized carbons (Fsp3) is 0.600. The molecule has 2 rings (SSSR count). The Morgan fingerprint density at radius 2 is 2.00 bits per heavy atom. The summed E-state index contributed by atoms with van der Waals surface area (Å²) in [6, 6.07) is 7.50. The number of thioether (sulfide) groups is 1. The van der Waals surface area contributed by atoms with Gasteiger partial charge in [0.05, 0.1) is 0 Å². The minimum absolute atomic E-state index is 0.238. The summed E-state index contributed by atoms with van der Waals surface area (Å²) in [6.45, 7) is 12.4. The lowest BCUT2D eigenvalue weighted by atomic mass is 9.85. The van der Waals surface area contributed by atoms with Crippen molar-refractivity contribution in [3.05, 3.63) is 29.3 Å². The Hall–Kier alpha value is -0.470. The molecule has 1 aliphatic heterocycles. The normalized spacial score (nSPS) is 23.8. The summed E-state index contributed by atoms with van der Waals surface area (Å²) in [5, 5.41) is 4.25. The van der Waals surface area contributed by atoms with Crippen molar-refractivity contribution in [1.82, 2.24) is 5.32 Å². The van der Waals surface area contributed by atoms with Gasteiger partial charge in [0.2, 0.25) is 0 Å². The van der Waals surface area contributed by atoms with Gasteiger partial charge in [0.15, 0.2) is 0 Å². The summed E-state index contributed by atoms with van der Waals surface area (Å²) in [5.41, 5.74) is 3.17. The van der Waals surface area contributed by atoms with Gasteiger partial charge in [0, 0.05) is 16.2 Å². The van der Waals surface area contributed by atoms with Gasteiger partial charge in [0.1, 0.15) is 0 Å². The van der Waals surface area contributed by atoms with Crippen molar-refractivity contribution in [2.45, 2.75) is 56.2 Å². The molecule has 1 aliphatic rings. The standard InChI is InChI=1S/C15H23NS/c1-6-16-14-10(2)17-13-8-7-11(9-12(13)14)15(3,4)5/h7-10,14,16H,6H2,1-5H3. The minimum Gasteiger partial charge on any atom is -0.309 e. The van der Waals surface area contributed by atoms with E-state index in [0.717, 1.165) is 6.54 Å². The predicted molar refractivity (Wildman–Crippen MR) is 76.9 cm³/mol. The SMILES string of the molecule is CCNC1c2cc(C(C)(C)C)ccc2SC1C. The Balaban J connectivity index is 2.38. The Morgan fingerprint density at radius 3 is 2.59 bits per heavy atom. The second-order valence-corrected chi connectivity index (χ2v) is 7.28. The van der Waals surface area contributed by atoms with Gasteiger partial charge in [0.25, 0.3) is 0 Å². The van der Waals surface area contributed by atoms with Crippen LogP contribution in [0.3, 0.4) is 0 Å². The molecule has 2 heteroatoms. The molecule has 0 saturated carbocycles. The predicted octanol–water partition coefficient (Wildman–Crippen LogP) is 4.13. The quantitative estimate of drug-likeness (QED) is 0.846. The molecule has 0 bridgehead atoms. The molecule has 0 radical (unpaired) electrons. The lowest BCUT2D eigenvalue weighted by molar-refractivity contribution is 0.546. The summed E-state index contributed by atoms with van der Waals surface area (Å²) < 4.78 is 0. The number of hydrogen-bond donors (Lipinski definition) is 1. The van der Waals surface area contributed by atoms with Crippen LogP contribution in [-0.2, 0) is 5.41 Å². The van der Waals surface area contributed by atoms with Crippen LogP contribution in [0.25, 0.3) is 0 Å². The first-order valence-electron chi connectivity index (χ1n) is 6.48. The highest BCUT2D eigenvalue weighted by molar-refractivity contribution is 8.00. The monoisotopic (exact) mass is 249 g/mol. The third-order valence-electron chi connectivity index (χ3n) is 3.42. The maximum absolute atomic E-state index is 3.61. The van der Waals surface area contributed by atoms with Crippen molar-refractivity contribution < 1.29 is 0 Å². The molecule has 1 heterocycles. The van der Waals surface area contributed by atoms with E-state index >= 15 is 0 Å². The molecule has 1 aromatic carbocycles. The zero-order valence-electron chi connectivity index (χ0n) is 11.5. The molecule has 0 aliphatic carbocycles. The molecule has 1 nitrogen and oxygen atoms in total. The summed E-state index contributed by atoms with van der Waals surface area (Å²) >= 11 is 2.00. The molecule has 2 unspecified atom stereocenters. The van der Waals surface area contributed by atoms with Crippen LogP contribution in [-0.4, -0.2) is 11.8 Å². The van der Waals surface area contributed by atoms with Crippen LogP contribution in [0, 0.1) is 0 Å². The van der Waals surface area contributed by atoms with Gasteiger partial charge in [-0.1, -0.05) is 46.8 Å². The molecular formula is C15H23NS. The highest BCUT2D eigenvalue weighted by atomic mass is 32.2. The molecule has 0 spiro atoms. The Bertz CT molecular complexity index is 406. The van der Waals surface area contributed by atoms with E-state index in [1.807, 2.05) is 11.8 Å². The lowest BCUT2D eigenvalue weighted by Gasteiger charge is -2.22. The van der Waals surface area contributed by atoms with Crippen LogP contribution in [0.2, 0.25) is 0 Å². The molecule has 0 amide bonds. The average molecular weight is 249 g/mol. The number of hydrogen-bond acceptors (Lipinski definition) is 2. The van der Waals surface area contributed by atoms with Crippen LogP contribution in [0.15, 0.2) is 23.1 Å². The van der Waals surface area contributed by atoms with Gasteiger partial charge >= 0.3 is 0 Å². The van der Waals surface area contributed by atoms with Crippen LogP contribution in [0.4, 0.5) is 0 Å². The second kappa shape index (κ2) is 4.66. The fourth-order valence-electron chi connectivity index (χ4n) is 2.38. The minimum atomic E-state index is 0.238. The maximum atomic E-state index is 3.61. The average Bonchev–Trinajstić information content (AvgIpc) is 2.54. The number of fused-ring (bicyclic) bond motifs is 1. The number of benzene rings is 1. The van der Waals surface area contributed by atoms with E-state index in [9.17, 15) is 0 Å². The third-order valence-corrected chi connectivity index (χ3v) is 4.69. The molecule has 0 saturated heterocycles. The number of rotatable bonds is 2. The largest absolute Gasteiger partial charge is 0.309 e. The van der Waals surface area contributed by atoms with Crippen LogP contribution >= 0.6 is 11.8 Å². The van der Waals surface area contributed by atoms with E-state index < -0.39 is 0 Å². The van der Waals surface area contributed by atoms with Crippen molar-refractivity contribution in [1.29, 1.82) is 0 Å². The molecule has 0 fully saturated rings. The summed E-state index contributed by atoms with van der Waals surface area (Å²) in [7, 11) is 0. The van der Waals surface area contributed by atoms with Crippen molar-refractivity contribution in [3.63, 3.8) is 0 Å². The first-order valence-corrected chi connectivity index (χ1v) is 7.36. The lowest BCUT2D eigenvalue weighted by Crippen LogP contribution is -2.25. The highest BCUT2D eigenvalue weighted by Gasteiger charge is 2.30. The van der Waals surface area contributed by atoms with Gasteiger partial charge in [-0.15, -0.1) is 11.8 Å². The van der Waals surface area contributed by atoms with Crippen LogP contribution in [0.1, 0.15) is 51.8 Å². The van der Waals surface area contributed by atoms with Crippen LogP contribution in [0.5, 0.6) is 0 Å². The van der Waals surface area contributed by atoms with Crippen molar-refractivity contribution in [2.24, 2.45) is 0 Å². The Kier molecular flexibility index (Phi) is 3.55. The zero-order chi connectivity index (χ0) is 12.6. The van der Waals surface area contributed by atoms with Gasteiger partial charge in [-0.25, -0.2) is 0 Å². The molecule has 1 N–H and O–H groups in total. The molecule has 1 aromatic rings. The smallest absolute Gasteiger partial charge is 0.0452 e. The van der Waals surface area contributed by atoms with E-state index in [0.29, 0.717) is 11.3 Å². The summed E-state index contributed by atoms with van der Waals surface area (Å²) in [4.78, 5) is 1.46.